The first-order valence-corrected chi connectivity index (χ1v) is 45.2. The molecule has 0 aromatic rings. The summed E-state index contributed by atoms with van der Waals surface area (Å²) in [6, 6.07) is -6.80. The molecule has 6 heterocycles. The van der Waals surface area contributed by atoms with Gasteiger partial charge in [-0.1, -0.05) is 180 Å². The number of aliphatic carboxylic acids is 2. The number of aliphatic hydroxyl groups excluding tert-OH is 19. The number of allylic oxidation sites excluding steroid dienone is 1. The van der Waals surface area contributed by atoms with Gasteiger partial charge in [-0.05, 0) is 19.3 Å². The first-order valence-electron chi connectivity index (χ1n) is 45.2. The summed E-state index contributed by atoms with van der Waals surface area (Å²) in [5.41, 5.74) is 0. The molecule has 0 unspecified atom stereocenters. The predicted octanol–water partition coefficient (Wildman–Crippen LogP) is -3.87. The standard InChI is InChI=1S/C84H148N4O39/c1-6-8-10-12-14-16-18-20-21-23-25-27-29-31-33-35-58(102)88-48(49(97)34-32-30-28-26-24-22-19-17-15-13-11-9-7-2)43-116-78-68(109)66(107)72(55(41-92)119-78)123-79-69(110)67(108)71(56(42-93)120-79)122-77-61(87-47(5)96)73(65(106)57(121-77)44-117-83(81(112)113)36-50(98)59(85-45(3)94)74(125-83)62(103)52(100)38-89)124-80-70(111)76(64(105)54(40-91)118-80)127-84(82(114)115)37-51(99)60(86-46(4)95)75(126-84)63(104)53(101)39-90/h32,34,48-57,59-80,89-93,97-101,103-111H,6-31,33,35-44H2,1-5H3,(H,85,94)(H,86,95)(H,87,96)(H,88,102)(H,112,113)(H,114,115)/b34-32+/t48-,49+,50-,51-,52+,53+,54+,55+,56+,57+,59+,60+,61+,62+,63+,64-,65-,66+,67+,68+,69+,70+,71-,72+,73+,74+,75+,76-,77-,78+,79-,80-,83+,84-/m0/s1. The Morgan fingerprint density at radius 3 is 1.25 bits per heavy atom. The zero-order valence-electron chi connectivity index (χ0n) is 73.5. The molecule has 0 aromatic carbocycles. The molecule has 6 aliphatic rings. The van der Waals surface area contributed by atoms with Gasteiger partial charge in [-0.2, -0.15) is 0 Å². The Bertz CT molecular complexity index is 3200. The van der Waals surface area contributed by atoms with Gasteiger partial charge in [0.25, 0.3) is 11.6 Å². The van der Waals surface area contributed by atoms with Gasteiger partial charge in [0, 0.05) is 40.0 Å². The zero-order valence-corrected chi connectivity index (χ0v) is 73.5. The van der Waals surface area contributed by atoms with Crippen molar-refractivity contribution in [3.05, 3.63) is 12.2 Å². The van der Waals surface area contributed by atoms with E-state index >= 15 is 0 Å². The highest BCUT2D eigenvalue weighted by molar-refractivity contribution is 5.78. The largest absolute Gasteiger partial charge is 0.477 e. The van der Waals surface area contributed by atoms with Gasteiger partial charge in [-0.3, -0.25) is 19.2 Å². The maximum atomic E-state index is 13.6. The summed E-state index contributed by atoms with van der Waals surface area (Å²) in [5.74, 6) is -14.1. The van der Waals surface area contributed by atoms with E-state index in [0.717, 1.165) is 85.0 Å². The zero-order chi connectivity index (χ0) is 93.8. The molecule has 6 fully saturated rings. The number of aliphatic hydroxyl groups is 19. The third-order valence-corrected chi connectivity index (χ3v) is 24.1. The molecule has 6 rings (SSSR count). The van der Waals surface area contributed by atoms with E-state index in [1.807, 2.05) is 0 Å². The van der Waals surface area contributed by atoms with Crippen molar-refractivity contribution >= 4 is 35.6 Å². The number of hydrogen-bond acceptors (Lipinski definition) is 37. The molecule has 34 atom stereocenters. The lowest BCUT2D eigenvalue weighted by atomic mass is 9.88. The fourth-order valence-electron chi connectivity index (χ4n) is 16.8. The molecular formula is C84H148N4O39. The van der Waals surface area contributed by atoms with E-state index in [9.17, 15) is 136 Å². The number of rotatable bonds is 59. The third kappa shape index (κ3) is 32.8. The Hall–Kier alpha value is -4.68. The van der Waals surface area contributed by atoms with Crippen LogP contribution in [0.5, 0.6) is 0 Å². The second-order valence-corrected chi connectivity index (χ2v) is 34.3. The monoisotopic (exact) mass is 1840 g/mol. The predicted molar refractivity (Wildman–Crippen MR) is 440 cm³/mol. The molecule has 738 valence electrons. The van der Waals surface area contributed by atoms with E-state index in [2.05, 4.69) is 35.1 Å². The highest BCUT2D eigenvalue weighted by Gasteiger charge is 2.63. The van der Waals surface area contributed by atoms with Crippen LogP contribution in [0.15, 0.2) is 12.2 Å². The molecular weight excluding hydrogens is 1690 g/mol. The molecule has 0 radical (unpaired) electrons. The Morgan fingerprint density at radius 1 is 0.425 bits per heavy atom. The van der Waals surface area contributed by atoms with Crippen LogP contribution in [-0.2, 0) is 85.6 Å². The number of carboxylic acids is 2. The van der Waals surface area contributed by atoms with E-state index in [1.165, 1.54) is 102 Å². The molecule has 43 heteroatoms. The minimum absolute atomic E-state index is 0.129. The van der Waals surface area contributed by atoms with Gasteiger partial charge in [0.05, 0.1) is 82.7 Å². The Balaban J connectivity index is 1.25. The molecule has 127 heavy (non-hydrogen) atoms. The lowest BCUT2D eigenvalue weighted by molar-refractivity contribution is -0.391. The van der Waals surface area contributed by atoms with Gasteiger partial charge in [0.1, 0.15) is 134 Å². The average molecular weight is 1840 g/mol. The lowest BCUT2D eigenvalue weighted by Gasteiger charge is -2.52. The number of unbranched alkanes of at least 4 members (excludes halogenated alkanes) is 25. The summed E-state index contributed by atoms with van der Waals surface area (Å²) >= 11 is 0. The number of carbonyl (C=O) groups excluding carboxylic acids is 4. The van der Waals surface area contributed by atoms with Crippen LogP contribution in [0, 0.1) is 0 Å². The number of hydrogen-bond donors (Lipinski definition) is 25. The van der Waals surface area contributed by atoms with Gasteiger partial charge in [-0.15, -0.1) is 0 Å². The summed E-state index contributed by atoms with van der Waals surface area (Å²) in [7, 11) is 0. The Kier molecular flexibility index (Phi) is 49.4. The van der Waals surface area contributed by atoms with Crippen LogP contribution >= 0.6 is 0 Å². The van der Waals surface area contributed by atoms with Gasteiger partial charge in [-0.25, -0.2) is 9.59 Å². The van der Waals surface area contributed by atoms with Crippen LogP contribution in [0.3, 0.4) is 0 Å². The Labute approximate surface area is 740 Å². The molecule has 0 aromatic heterocycles. The summed E-state index contributed by atoms with van der Waals surface area (Å²) in [6.45, 7) is -0.612. The maximum Gasteiger partial charge on any atom is 0.364 e. The van der Waals surface area contributed by atoms with Crippen molar-refractivity contribution in [1.82, 2.24) is 21.3 Å². The van der Waals surface area contributed by atoms with Crippen molar-refractivity contribution in [3.63, 3.8) is 0 Å². The molecule has 6 saturated heterocycles. The number of carboxylic acid groups (broad SMARTS) is 2. The quantitative estimate of drug-likeness (QED) is 0.0205. The SMILES string of the molecule is CCCCCCCCCCCCC/C=C/[C@@H](O)[C@H](CO[C@@H]1O[C@H](CO)[C@@H](O[C@@H]2O[C@H](CO)[C@H](O[C@@H]3O[C@H](CO[C@]4(C(=O)O)C[C@H](O)[C@@H](NC(C)=O)[C@H]([C@H](O)[C@H](O)CO)O4)[C@H](O)[C@H](O[C@@H]4O[C@H](CO)[C@H](O)[C@H](O[C@]5(C(=O)O)C[C@H](O)[C@@H](NC(C)=O)[C@H]([C@H](O)[C@H](O)CO)O5)[C@H]4O)[C@H]3NC(C)=O)[C@H](O)[C@H]2O)[C@H](O)[C@H]1O)NC(=O)CCCCCCCCCCCCCCCCC. The van der Waals surface area contributed by atoms with E-state index < -0.39 is 296 Å². The molecule has 0 spiro atoms. The summed E-state index contributed by atoms with van der Waals surface area (Å²) in [4.78, 5) is 78.8. The van der Waals surface area contributed by atoms with Crippen LogP contribution in [0.4, 0.5) is 0 Å². The van der Waals surface area contributed by atoms with Crippen molar-refractivity contribution in [2.75, 3.05) is 46.2 Å². The summed E-state index contributed by atoms with van der Waals surface area (Å²) < 4.78 is 71.5. The molecule has 6 aliphatic heterocycles. The van der Waals surface area contributed by atoms with Crippen LogP contribution < -0.4 is 21.3 Å². The fourth-order valence-corrected chi connectivity index (χ4v) is 16.8. The second kappa shape index (κ2) is 56.5. The number of carbonyl (C=O) groups is 6. The van der Waals surface area contributed by atoms with Crippen molar-refractivity contribution in [3.8, 4) is 0 Å². The molecule has 43 nitrogen and oxygen atoms in total. The van der Waals surface area contributed by atoms with E-state index in [4.69, 9.17) is 56.8 Å². The second-order valence-electron chi connectivity index (χ2n) is 34.3. The van der Waals surface area contributed by atoms with Crippen LogP contribution in [0.25, 0.3) is 0 Å². The third-order valence-electron chi connectivity index (χ3n) is 24.1. The number of ether oxygens (including phenoxy) is 12. The highest BCUT2D eigenvalue weighted by atomic mass is 16.8. The lowest BCUT2D eigenvalue weighted by Crippen LogP contribution is -2.72. The Morgan fingerprint density at radius 2 is 0.803 bits per heavy atom. The number of nitrogens with one attached hydrogen (secondary N) is 4. The van der Waals surface area contributed by atoms with Crippen molar-refractivity contribution in [2.24, 2.45) is 0 Å². The first-order chi connectivity index (χ1) is 60.5. The van der Waals surface area contributed by atoms with Crippen molar-refractivity contribution < 1.29 is 193 Å². The molecule has 0 saturated carbocycles. The van der Waals surface area contributed by atoms with Crippen LogP contribution in [0.1, 0.15) is 227 Å². The summed E-state index contributed by atoms with van der Waals surface area (Å²) in [6.07, 6.45) is -30.1. The molecule has 0 bridgehead atoms. The van der Waals surface area contributed by atoms with Gasteiger partial charge in [0.2, 0.25) is 23.6 Å². The topological polar surface area (TPSA) is 686 Å². The van der Waals surface area contributed by atoms with Gasteiger partial charge < -0.3 is 185 Å². The van der Waals surface area contributed by atoms with Gasteiger partial charge in [0.15, 0.2) is 25.2 Å². The van der Waals surface area contributed by atoms with Crippen molar-refractivity contribution in [2.45, 2.75) is 435 Å². The molecule has 0 aliphatic carbocycles. The van der Waals surface area contributed by atoms with Gasteiger partial charge >= 0.3 is 11.9 Å². The minimum atomic E-state index is -3.36. The van der Waals surface area contributed by atoms with E-state index in [-0.39, 0.29) is 12.3 Å². The summed E-state index contributed by atoms with van der Waals surface area (Å²) in [5, 5.41) is 246. The minimum Gasteiger partial charge on any atom is -0.477 e. The molecule has 4 amide bonds. The molecule has 25 N–H and O–H groups in total. The normalized spacial score (nSPS) is 35.1. The first kappa shape index (κ1) is 111. The fraction of sp³-hybridized carbons (Fsp3) is 0.905. The number of amides is 4. The maximum absolute atomic E-state index is 13.6. The van der Waals surface area contributed by atoms with Crippen LogP contribution in [-0.4, -0.2) is 396 Å². The average Bonchev–Trinajstić information content (AvgIpc) is 0.940. The highest BCUT2D eigenvalue weighted by Crippen LogP contribution is 2.42. The van der Waals surface area contributed by atoms with Crippen LogP contribution in [0.2, 0.25) is 0 Å². The van der Waals surface area contributed by atoms with E-state index in [0.29, 0.717) is 12.8 Å². The van der Waals surface area contributed by atoms with E-state index in [1.54, 1.807) is 6.08 Å². The smallest absolute Gasteiger partial charge is 0.364 e. The van der Waals surface area contributed by atoms with Crippen molar-refractivity contribution in [1.29, 1.82) is 0 Å².